The van der Waals surface area contributed by atoms with Crippen LogP contribution in [0.4, 0.5) is 0 Å². The van der Waals surface area contributed by atoms with Gasteiger partial charge in [-0.2, -0.15) is 0 Å². The standard InChI is InChI=1S/2C8H14O3.Cu/c2*1-6(9)5-7(10)11-8(2,3)4;/h2*5,9H,1-4H3;/q;;+2/p-2/b6-5+;6-5-;. The zero-order valence-corrected chi connectivity index (χ0v) is 15.8. The second-order valence-electron chi connectivity index (χ2n) is 6.58. The molecule has 137 valence electrons. The molecule has 0 fully saturated rings. The number of esters is 2. The Morgan fingerprint density at radius 3 is 1.09 bits per heavy atom. The van der Waals surface area contributed by atoms with Gasteiger partial charge in [-0.15, -0.1) is 11.5 Å². The van der Waals surface area contributed by atoms with E-state index in [9.17, 15) is 19.8 Å². The van der Waals surface area contributed by atoms with Gasteiger partial charge in [0.25, 0.3) is 0 Å². The summed E-state index contributed by atoms with van der Waals surface area (Å²) in [6.45, 7) is 13.1. The first-order valence-corrected chi connectivity index (χ1v) is 6.79. The summed E-state index contributed by atoms with van der Waals surface area (Å²) >= 11 is 0. The Balaban J connectivity index is -0.000000333. The normalized spacial score (nSPS) is 12.3. The van der Waals surface area contributed by atoms with Crippen LogP contribution < -0.4 is 10.2 Å². The van der Waals surface area contributed by atoms with Crippen molar-refractivity contribution < 1.29 is 46.3 Å². The van der Waals surface area contributed by atoms with Crippen molar-refractivity contribution >= 4 is 11.9 Å². The number of hydrogen-bond donors (Lipinski definition) is 0. The van der Waals surface area contributed by atoms with Crippen LogP contribution in [-0.2, 0) is 36.1 Å². The molecule has 6 nitrogen and oxygen atoms in total. The molecule has 0 aromatic carbocycles. The van der Waals surface area contributed by atoms with Crippen molar-refractivity contribution in [1.29, 1.82) is 0 Å². The van der Waals surface area contributed by atoms with Gasteiger partial charge in [0.2, 0.25) is 0 Å². The zero-order chi connectivity index (χ0) is 18.1. The third-order valence-corrected chi connectivity index (χ3v) is 1.46. The third-order valence-electron chi connectivity index (χ3n) is 1.46. The molecule has 0 saturated heterocycles. The fourth-order valence-corrected chi connectivity index (χ4v) is 0.994. The minimum absolute atomic E-state index is 0. The van der Waals surface area contributed by atoms with E-state index in [-0.39, 0.29) is 28.6 Å². The summed E-state index contributed by atoms with van der Waals surface area (Å²) in [5, 5.41) is 20.8. The molecular weight excluding hydrogens is 352 g/mol. The Hall–Kier alpha value is -1.46. The molecule has 0 bridgehead atoms. The second-order valence-corrected chi connectivity index (χ2v) is 6.58. The molecule has 0 unspecified atom stereocenters. The fraction of sp³-hybridized carbons (Fsp3) is 0.625. The van der Waals surface area contributed by atoms with Crippen molar-refractivity contribution in [1.82, 2.24) is 0 Å². The van der Waals surface area contributed by atoms with Crippen molar-refractivity contribution in [3.8, 4) is 0 Å². The van der Waals surface area contributed by atoms with Crippen LogP contribution in [-0.4, -0.2) is 23.1 Å². The summed E-state index contributed by atoms with van der Waals surface area (Å²) in [6, 6.07) is 0. The van der Waals surface area contributed by atoms with Gasteiger partial charge < -0.3 is 19.7 Å². The average molecular weight is 378 g/mol. The minimum Gasteiger partial charge on any atom is -0.875 e. The van der Waals surface area contributed by atoms with E-state index in [0.29, 0.717) is 0 Å². The van der Waals surface area contributed by atoms with Crippen molar-refractivity contribution in [2.24, 2.45) is 0 Å². The number of ether oxygens (including phenoxy) is 2. The molecule has 0 aromatic rings. The molecular formula is C16H26CuO6. The van der Waals surface area contributed by atoms with Crippen molar-refractivity contribution in [2.45, 2.75) is 66.6 Å². The Labute approximate surface area is 149 Å². The number of carbonyl (C=O) groups excluding carboxylic acids is 2. The number of rotatable bonds is 2. The number of carbonyl (C=O) groups is 2. The van der Waals surface area contributed by atoms with E-state index in [4.69, 9.17) is 9.47 Å². The SMILES string of the molecule is C/C([O-])=C/C(=O)OC(C)(C)C.C/C([O-])=C\C(=O)OC(C)(C)C.[Cu+2]. The molecule has 0 saturated carbocycles. The molecule has 0 atom stereocenters. The molecule has 0 aliphatic carbocycles. The van der Waals surface area contributed by atoms with Crippen LogP contribution in [0.5, 0.6) is 0 Å². The summed E-state index contributed by atoms with van der Waals surface area (Å²) in [5.74, 6) is -1.74. The van der Waals surface area contributed by atoms with Crippen LogP contribution in [0.25, 0.3) is 0 Å². The molecule has 7 heteroatoms. The van der Waals surface area contributed by atoms with E-state index in [1.165, 1.54) is 13.8 Å². The van der Waals surface area contributed by atoms with E-state index < -0.39 is 23.1 Å². The van der Waals surface area contributed by atoms with Gasteiger partial charge in [-0.3, -0.25) is 0 Å². The predicted octanol–water partition coefficient (Wildman–Crippen LogP) is 1.18. The van der Waals surface area contributed by atoms with Crippen LogP contribution in [0.15, 0.2) is 23.7 Å². The second kappa shape index (κ2) is 11.1. The van der Waals surface area contributed by atoms with E-state index in [1.54, 1.807) is 41.5 Å². The summed E-state index contributed by atoms with van der Waals surface area (Å²) < 4.78 is 9.67. The molecule has 0 aromatic heterocycles. The number of hydrogen-bond acceptors (Lipinski definition) is 6. The molecule has 0 heterocycles. The molecule has 0 amide bonds. The zero-order valence-electron chi connectivity index (χ0n) is 14.9. The minimum atomic E-state index is -0.579. The van der Waals surface area contributed by atoms with E-state index >= 15 is 0 Å². The van der Waals surface area contributed by atoms with Crippen molar-refractivity contribution in [3.63, 3.8) is 0 Å². The molecule has 23 heavy (non-hydrogen) atoms. The van der Waals surface area contributed by atoms with Gasteiger partial charge in [-0.25, -0.2) is 9.59 Å². The predicted molar refractivity (Wildman–Crippen MR) is 79.2 cm³/mol. The maximum Gasteiger partial charge on any atom is 2.00 e. The Bertz CT molecular complexity index is 388. The fourth-order valence-electron chi connectivity index (χ4n) is 0.994. The first-order valence-electron chi connectivity index (χ1n) is 6.79. The third kappa shape index (κ3) is 25.8. The van der Waals surface area contributed by atoms with Gasteiger partial charge in [0.05, 0.1) is 0 Å². The summed E-state index contributed by atoms with van der Waals surface area (Å²) in [6.07, 6.45) is 1.87. The molecule has 1 radical (unpaired) electrons. The van der Waals surface area contributed by atoms with Crippen molar-refractivity contribution in [2.75, 3.05) is 0 Å². The van der Waals surface area contributed by atoms with Crippen molar-refractivity contribution in [3.05, 3.63) is 23.7 Å². The smallest absolute Gasteiger partial charge is 0.875 e. The first-order chi connectivity index (χ1) is 9.62. The van der Waals surface area contributed by atoms with Crippen LogP contribution in [0.2, 0.25) is 0 Å². The van der Waals surface area contributed by atoms with Gasteiger partial charge in [0.15, 0.2) is 0 Å². The molecule has 0 aliphatic rings. The average Bonchev–Trinajstić information content (AvgIpc) is 2.07. The Morgan fingerprint density at radius 1 is 0.739 bits per heavy atom. The van der Waals surface area contributed by atoms with E-state index in [0.717, 1.165) is 12.2 Å². The van der Waals surface area contributed by atoms with Gasteiger partial charge in [0, 0.05) is 12.2 Å². The first kappa shape index (κ1) is 26.4. The molecule has 0 rings (SSSR count). The molecule has 0 spiro atoms. The van der Waals surface area contributed by atoms with E-state index in [2.05, 4.69) is 0 Å². The summed E-state index contributed by atoms with van der Waals surface area (Å²) in [7, 11) is 0. The molecule has 0 aliphatic heterocycles. The van der Waals surface area contributed by atoms with Crippen LogP contribution in [0.1, 0.15) is 55.4 Å². The van der Waals surface area contributed by atoms with Crippen LogP contribution >= 0.6 is 0 Å². The maximum absolute atomic E-state index is 10.8. The van der Waals surface area contributed by atoms with Crippen LogP contribution in [0, 0.1) is 0 Å². The van der Waals surface area contributed by atoms with Crippen LogP contribution in [0.3, 0.4) is 0 Å². The molecule has 0 N–H and O–H groups in total. The van der Waals surface area contributed by atoms with Gasteiger partial charge in [-0.1, -0.05) is 13.8 Å². The topological polar surface area (TPSA) is 98.7 Å². The number of allylic oxidation sites excluding steroid dienone is 2. The maximum atomic E-state index is 10.8. The quantitative estimate of drug-likeness (QED) is 0.310. The summed E-state index contributed by atoms with van der Waals surface area (Å²) in [5.41, 5.74) is -1.05. The largest absolute Gasteiger partial charge is 2.00 e. The van der Waals surface area contributed by atoms with Gasteiger partial charge in [0.1, 0.15) is 11.2 Å². The van der Waals surface area contributed by atoms with Gasteiger partial charge in [-0.05, 0) is 41.5 Å². The Kier molecular flexibility index (Phi) is 12.8. The summed E-state index contributed by atoms with van der Waals surface area (Å²) in [4.78, 5) is 21.5. The Morgan fingerprint density at radius 2 is 0.957 bits per heavy atom. The van der Waals surface area contributed by atoms with E-state index in [1.807, 2.05) is 0 Å². The monoisotopic (exact) mass is 377 g/mol. The van der Waals surface area contributed by atoms with Gasteiger partial charge >= 0.3 is 29.0 Å².